The average Bonchev–Trinajstić information content (AvgIpc) is 3.25. The van der Waals surface area contributed by atoms with Crippen LogP contribution in [0.15, 0.2) is 41.5 Å². The summed E-state index contributed by atoms with van der Waals surface area (Å²) < 4.78 is 24.8. The molecule has 1 N–H and O–H groups in total. The van der Waals surface area contributed by atoms with Crippen molar-refractivity contribution in [1.29, 1.82) is 0 Å². The lowest BCUT2D eigenvalue weighted by Gasteiger charge is -2.18. The van der Waals surface area contributed by atoms with Crippen molar-refractivity contribution in [2.75, 3.05) is 32.2 Å². The zero-order valence-corrected chi connectivity index (χ0v) is 16.3. The number of methoxy groups -OCH3 is 2. The molecule has 0 bridgehead atoms. The van der Waals surface area contributed by atoms with Crippen molar-refractivity contribution in [2.45, 2.75) is 19.8 Å². The molecule has 0 unspecified atom stereocenters. The van der Waals surface area contributed by atoms with Crippen LogP contribution in [-0.4, -0.2) is 38.9 Å². The Bertz CT molecular complexity index is 870. The molecule has 0 aliphatic carbocycles. The molecule has 0 aromatic heterocycles. The molecule has 148 valence electrons. The number of benzene rings is 2. The van der Waals surface area contributed by atoms with Crippen molar-refractivity contribution in [3.8, 4) is 11.5 Å². The lowest BCUT2D eigenvalue weighted by atomic mass is 10.1. The normalized spacial score (nSPS) is 14.1. The van der Waals surface area contributed by atoms with E-state index < -0.39 is 5.91 Å². The Morgan fingerprint density at radius 2 is 1.68 bits per heavy atom. The highest BCUT2D eigenvalue weighted by Gasteiger charge is 2.17. The van der Waals surface area contributed by atoms with Crippen LogP contribution >= 0.6 is 0 Å². The first kappa shape index (κ1) is 19.7. The minimum absolute atomic E-state index is 0.280. The molecule has 1 saturated heterocycles. The zero-order valence-electron chi connectivity index (χ0n) is 16.3. The number of nitrogens with one attached hydrogen (secondary N) is 1. The topological polar surface area (TPSA) is 63.2 Å². The zero-order chi connectivity index (χ0) is 20.1. The van der Waals surface area contributed by atoms with Crippen molar-refractivity contribution < 1.29 is 18.7 Å². The smallest absolute Gasteiger partial charge is 0.271 e. The quantitative estimate of drug-likeness (QED) is 0.610. The number of nitrogens with zero attached hydrogens (tertiary/aromatic N) is 2. The molecular formula is C21H24FN3O3. The van der Waals surface area contributed by atoms with Crippen molar-refractivity contribution in [3.05, 3.63) is 53.3 Å². The molecule has 28 heavy (non-hydrogen) atoms. The SMILES string of the molecule is COc1cc(OC)cc(C(=O)N/N=C(/C)c2ccc(N3CCCC3)c(F)c2)c1. The van der Waals surface area contributed by atoms with Crippen LogP contribution in [0.5, 0.6) is 11.5 Å². The van der Waals surface area contributed by atoms with Crippen molar-refractivity contribution >= 4 is 17.3 Å². The molecule has 0 saturated carbocycles. The summed E-state index contributed by atoms with van der Waals surface area (Å²) in [7, 11) is 3.03. The number of amides is 1. The van der Waals surface area contributed by atoms with E-state index in [-0.39, 0.29) is 5.82 Å². The summed E-state index contributed by atoms with van der Waals surface area (Å²) in [6.07, 6.45) is 2.17. The second-order valence-corrected chi connectivity index (χ2v) is 6.60. The third kappa shape index (κ3) is 4.42. The molecule has 3 rings (SSSR count). The first-order valence-electron chi connectivity index (χ1n) is 9.14. The number of hydrogen-bond acceptors (Lipinski definition) is 5. The number of anilines is 1. The number of ether oxygens (including phenoxy) is 2. The van der Waals surface area contributed by atoms with E-state index in [9.17, 15) is 9.18 Å². The first-order valence-corrected chi connectivity index (χ1v) is 9.14. The Hall–Kier alpha value is -3.09. The average molecular weight is 385 g/mol. The highest BCUT2D eigenvalue weighted by molar-refractivity contribution is 6.01. The van der Waals surface area contributed by atoms with Gasteiger partial charge in [0.15, 0.2) is 0 Å². The fraction of sp³-hybridized carbons (Fsp3) is 0.333. The van der Waals surface area contributed by atoms with Gasteiger partial charge in [0.1, 0.15) is 17.3 Å². The summed E-state index contributed by atoms with van der Waals surface area (Å²) in [4.78, 5) is 14.4. The Morgan fingerprint density at radius 1 is 1.04 bits per heavy atom. The van der Waals surface area contributed by atoms with Gasteiger partial charge in [-0.05, 0) is 44.0 Å². The Labute approximate surface area is 163 Å². The molecular weight excluding hydrogens is 361 g/mol. The van der Waals surface area contributed by atoms with E-state index in [0.29, 0.717) is 34.0 Å². The van der Waals surface area contributed by atoms with Crippen molar-refractivity contribution in [2.24, 2.45) is 5.10 Å². The molecule has 2 aromatic carbocycles. The molecule has 6 nitrogen and oxygen atoms in total. The molecule has 1 aliphatic heterocycles. The predicted octanol–water partition coefficient (Wildman–Crippen LogP) is 3.60. The van der Waals surface area contributed by atoms with Crippen molar-refractivity contribution in [3.63, 3.8) is 0 Å². The third-order valence-electron chi connectivity index (χ3n) is 4.75. The van der Waals surface area contributed by atoms with Gasteiger partial charge < -0.3 is 14.4 Å². The maximum atomic E-state index is 14.5. The lowest BCUT2D eigenvalue weighted by molar-refractivity contribution is 0.0954. The Kier molecular flexibility index (Phi) is 6.13. The molecule has 2 aromatic rings. The van der Waals surface area contributed by atoms with Crippen LogP contribution in [0.1, 0.15) is 35.7 Å². The maximum Gasteiger partial charge on any atom is 0.271 e. The third-order valence-corrected chi connectivity index (χ3v) is 4.75. The van der Waals surface area contributed by atoms with E-state index in [2.05, 4.69) is 10.5 Å². The minimum atomic E-state index is -0.411. The van der Waals surface area contributed by atoms with Crippen LogP contribution in [0.3, 0.4) is 0 Å². The number of rotatable bonds is 6. The van der Waals surface area contributed by atoms with Crippen LogP contribution < -0.4 is 19.8 Å². The van der Waals surface area contributed by atoms with Gasteiger partial charge in [-0.1, -0.05) is 6.07 Å². The van der Waals surface area contributed by atoms with Gasteiger partial charge in [0, 0.05) is 30.3 Å². The van der Waals surface area contributed by atoms with Crippen LogP contribution in [0.25, 0.3) is 0 Å². The van der Waals surface area contributed by atoms with Crippen LogP contribution in [0, 0.1) is 5.82 Å². The summed E-state index contributed by atoms with van der Waals surface area (Å²) in [5.74, 6) is 0.318. The van der Waals surface area contributed by atoms with E-state index >= 15 is 0 Å². The van der Waals surface area contributed by atoms with Crippen LogP contribution in [0.2, 0.25) is 0 Å². The molecule has 1 aliphatic rings. The van der Waals surface area contributed by atoms with E-state index in [1.54, 1.807) is 31.2 Å². The second-order valence-electron chi connectivity index (χ2n) is 6.60. The fourth-order valence-electron chi connectivity index (χ4n) is 3.15. The number of carbonyl (C=O) groups is 1. The van der Waals surface area contributed by atoms with E-state index in [0.717, 1.165) is 25.9 Å². The fourth-order valence-corrected chi connectivity index (χ4v) is 3.15. The first-order chi connectivity index (χ1) is 13.5. The minimum Gasteiger partial charge on any atom is -0.497 e. The number of hydrogen-bond donors (Lipinski definition) is 1. The van der Waals surface area contributed by atoms with Gasteiger partial charge in [0.05, 0.1) is 25.6 Å². The summed E-state index contributed by atoms with van der Waals surface area (Å²) in [5, 5.41) is 4.11. The van der Waals surface area contributed by atoms with Crippen molar-refractivity contribution in [1.82, 2.24) is 5.43 Å². The summed E-state index contributed by atoms with van der Waals surface area (Å²) in [5.41, 5.74) is 4.58. The van der Waals surface area contributed by atoms with Crippen LogP contribution in [-0.2, 0) is 0 Å². The van der Waals surface area contributed by atoms with Gasteiger partial charge in [-0.2, -0.15) is 5.10 Å². The lowest BCUT2D eigenvalue weighted by Crippen LogP contribution is -2.20. The molecule has 0 atom stereocenters. The second kappa shape index (κ2) is 8.73. The maximum absolute atomic E-state index is 14.5. The molecule has 0 spiro atoms. The van der Waals surface area contributed by atoms with E-state index in [1.165, 1.54) is 20.3 Å². The van der Waals surface area contributed by atoms with Gasteiger partial charge >= 0.3 is 0 Å². The van der Waals surface area contributed by atoms with E-state index in [4.69, 9.17) is 9.47 Å². The monoisotopic (exact) mass is 385 g/mol. The van der Waals surface area contributed by atoms with Gasteiger partial charge in [-0.15, -0.1) is 0 Å². The van der Waals surface area contributed by atoms with Gasteiger partial charge in [-0.3, -0.25) is 4.79 Å². The summed E-state index contributed by atoms with van der Waals surface area (Å²) >= 11 is 0. The van der Waals surface area contributed by atoms with Gasteiger partial charge in [-0.25, -0.2) is 9.82 Å². The summed E-state index contributed by atoms with van der Waals surface area (Å²) in [6, 6.07) is 9.89. The Balaban J connectivity index is 1.73. The molecule has 1 amide bonds. The summed E-state index contributed by atoms with van der Waals surface area (Å²) in [6.45, 7) is 3.48. The highest BCUT2D eigenvalue weighted by atomic mass is 19.1. The predicted molar refractivity (Wildman–Crippen MR) is 107 cm³/mol. The van der Waals surface area contributed by atoms with Gasteiger partial charge in [0.2, 0.25) is 0 Å². The highest BCUT2D eigenvalue weighted by Crippen LogP contribution is 2.25. The molecule has 7 heteroatoms. The standard InChI is InChI=1S/C21H24FN3O3/c1-14(15-6-7-20(19(22)12-15)25-8-4-5-9-25)23-24-21(26)16-10-17(27-2)13-18(11-16)28-3/h6-7,10-13H,4-5,8-9H2,1-3H3,(H,24,26)/b23-14-. The molecule has 1 heterocycles. The number of hydrazone groups is 1. The molecule has 1 fully saturated rings. The van der Waals surface area contributed by atoms with Gasteiger partial charge in [0.25, 0.3) is 5.91 Å². The Morgan fingerprint density at radius 3 is 2.25 bits per heavy atom. The number of carbonyl (C=O) groups excluding carboxylic acids is 1. The van der Waals surface area contributed by atoms with Crippen LogP contribution in [0.4, 0.5) is 10.1 Å². The molecule has 0 radical (unpaired) electrons. The number of halogens is 1. The van der Waals surface area contributed by atoms with E-state index in [1.807, 2.05) is 11.0 Å². The largest absolute Gasteiger partial charge is 0.497 e.